The number of nitrogens with one attached hydrogen (secondary N) is 1. The maximum atomic E-state index is 11.5. The van der Waals surface area contributed by atoms with Gasteiger partial charge in [-0.1, -0.05) is 11.6 Å². The molecule has 3 nitrogen and oxygen atoms in total. The molecule has 1 unspecified atom stereocenters. The third-order valence-electron chi connectivity index (χ3n) is 2.86. The van der Waals surface area contributed by atoms with Gasteiger partial charge in [-0.05, 0) is 45.6 Å². The Hall–Kier alpha value is -0.830. The van der Waals surface area contributed by atoms with Crippen molar-refractivity contribution in [2.45, 2.75) is 51.5 Å². The van der Waals surface area contributed by atoms with E-state index in [9.17, 15) is 4.79 Å². The van der Waals surface area contributed by atoms with Crippen LogP contribution in [0, 0.1) is 0 Å². The summed E-state index contributed by atoms with van der Waals surface area (Å²) < 4.78 is 0. The lowest BCUT2D eigenvalue weighted by Crippen LogP contribution is -2.35. The van der Waals surface area contributed by atoms with Crippen LogP contribution in [0.4, 0.5) is 0 Å². The number of amides is 1. The molecule has 0 aromatic heterocycles. The van der Waals surface area contributed by atoms with E-state index in [-0.39, 0.29) is 5.91 Å². The van der Waals surface area contributed by atoms with E-state index in [1.807, 2.05) is 0 Å². The fourth-order valence-corrected chi connectivity index (χ4v) is 1.83. The molecule has 0 aliphatic heterocycles. The summed E-state index contributed by atoms with van der Waals surface area (Å²) in [4.78, 5) is 11.5. The van der Waals surface area contributed by atoms with Crippen LogP contribution in [0.25, 0.3) is 0 Å². The van der Waals surface area contributed by atoms with Crippen molar-refractivity contribution in [2.75, 3.05) is 6.54 Å². The smallest absolute Gasteiger partial charge is 0.220 e. The quantitative estimate of drug-likeness (QED) is 0.536. The zero-order valence-corrected chi connectivity index (χ0v) is 9.59. The van der Waals surface area contributed by atoms with Crippen molar-refractivity contribution in [1.82, 2.24) is 5.32 Å². The second-order valence-corrected chi connectivity index (χ2v) is 4.34. The van der Waals surface area contributed by atoms with Crippen LogP contribution in [0.2, 0.25) is 0 Å². The third kappa shape index (κ3) is 4.98. The third-order valence-corrected chi connectivity index (χ3v) is 2.86. The van der Waals surface area contributed by atoms with Gasteiger partial charge in [0.2, 0.25) is 5.91 Å². The molecule has 0 saturated carbocycles. The fraction of sp³-hybridized carbons (Fsp3) is 0.750. The Kier molecular flexibility index (Phi) is 5.40. The molecule has 0 radical (unpaired) electrons. The lowest BCUT2D eigenvalue weighted by molar-refractivity contribution is -0.121. The maximum Gasteiger partial charge on any atom is 0.220 e. The summed E-state index contributed by atoms with van der Waals surface area (Å²) in [5.41, 5.74) is 6.82. The molecule has 3 heteroatoms. The first-order valence-electron chi connectivity index (χ1n) is 5.87. The number of nitrogens with two attached hydrogens (primary N) is 1. The summed E-state index contributed by atoms with van der Waals surface area (Å²) in [5.74, 6) is 0.182. The number of rotatable bonds is 5. The predicted octanol–water partition coefficient (Wildman–Crippen LogP) is 1.73. The molecule has 1 amide bonds. The van der Waals surface area contributed by atoms with Gasteiger partial charge in [0.1, 0.15) is 0 Å². The molecular formula is C12H22N2O. The first-order valence-corrected chi connectivity index (χ1v) is 5.87. The minimum Gasteiger partial charge on any atom is -0.353 e. The standard InChI is InChI=1S/C12H22N2O/c1-10-5-7-11(8-6-10)14-12(15)4-2-3-9-13/h5,11H,2-4,6-9,13H2,1H3,(H,14,15). The first-order chi connectivity index (χ1) is 7.22. The highest BCUT2D eigenvalue weighted by Gasteiger charge is 2.14. The van der Waals surface area contributed by atoms with Gasteiger partial charge in [-0.15, -0.1) is 0 Å². The summed E-state index contributed by atoms with van der Waals surface area (Å²) in [6.07, 6.45) is 7.90. The molecule has 1 aliphatic rings. The average Bonchev–Trinajstić information content (AvgIpc) is 2.22. The molecular weight excluding hydrogens is 188 g/mol. The Morgan fingerprint density at radius 2 is 2.40 bits per heavy atom. The molecule has 0 saturated heterocycles. The van der Waals surface area contributed by atoms with Gasteiger partial charge in [0.25, 0.3) is 0 Å². The summed E-state index contributed by atoms with van der Waals surface area (Å²) in [7, 11) is 0. The van der Waals surface area contributed by atoms with Crippen LogP contribution in [-0.2, 0) is 4.79 Å². The van der Waals surface area contributed by atoms with E-state index in [4.69, 9.17) is 5.73 Å². The number of hydrogen-bond donors (Lipinski definition) is 2. The van der Waals surface area contributed by atoms with Crippen molar-refractivity contribution in [3.63, 3.8) is 0 Å². The highest BCUT2D eigenvalue weighted by molar-refractivity contribution is 5.76. The normalized spacial score (nSPS) is 20.9. The topological polar surface area (TPSA) is 55.1 Å². The lowest BCUT2D eigenvalue weighted by atomic mass is 9.96. The molecule has 3 N–H and O–H groups in total. The predicted molar refractivity (Wildman–Crippen MR) is 62.4 cm³/mol. The van der Waals surface area contributed by atoms with Crippen LogP contribution in [0.5, 0.6) is 0 Å². The minimum absolute atomic E-state index is 0.182. The van der Waals surface area contributed by atoms with Gasteiger partial charge in [-0.3, -0.25) is 4.79 Å². The fourth-order valence-electron chi connectivity index (χ4n) is 1.83. The van der Waals surface area contributed by atoms with Crippen LogP contribution in [0.15, 0.2) is 11.6 Å². The van der Waals surface area contributed by atoms with Crippen LogP contribution in [0.3, 0.4) is 0 Å². The second kappa shape index (κ2) is 6.62. The molecule has 0 fully saturated rings. The number of carbonyl (C=O) groups is 1. The van der Waals surface area contributed by atoms with Crippen molar-refractivity contribution in [3.05, 3.63) is 11.6 Å². The van der Waals surface area contributed by atoms with Crippen LogP contribution in [0.1, 0.15) is 45.4 Å². The largest absolute Gasteiger partial charge is 0.353 e. The molecule has 1 rings (SSSR count). The summed E-state index contributed by atoms with van der Waals surface area (Å²) in [6, 6.07) is 0.360. The number of carbonyl (C=O) groups excluding carboxylic acids is 1. The summed E-state index contributed by atoms with van der Waals surface area (Å²) >= 11 is 0. The second-order valence-electron chi connectivity index (χ2n) is 4.34. The lowest BCUT2D eigenvalue weighted by Gasteiger charge is -2.21. The molecule has 1 aliphatic carbocycles. The number of unbranched alkanes of at least 4 members (excludes halogenated alkanes) is 1. The van der Waals surface area contributed by atoms with E-state index in [0.29, 0.717) is 19.0 Å². The van der Waals surface area contributed by atoms with Crippen molar-refractivity contribution in [3.8, 4) is 0 Å². The van der Waals surface area contributed by atoms with Gasteiger partial charge in [-0.2, -0.15) is 0 Å². The van der Waals surface area contributed by atoms with E-state index >= 15 is 0 Å². The van der Waals surface area contributed by atoms with Gasteiger partial charge in [0.05, 0.1) is 0 Å². The van der Waals surface area contributed by atoms with Crippen molar-refractivity contribution < 1.29 is 4.79 Å². The molecule has 1 atom stereocenters. The molecule has 0 heterocycles. The van der Waals surface area contributed by atoms with E-state index in [0.717, 1.165) is 32.1 Å². The Morgan fingerprint density at radius 1 is 1.60 bits per heavy atom. The Labute approximate surface area is 92.1 Å². The van der Waals surface area contributed by atoms with Gasteiger partial charge in [0, 0.05) is 12.5 Å². The molecule has 15 heavy (non-hydrogen) atoms. The molecule has 86 valence electrons. The Balaban J connectivity index is 2.15. The molecule has 0 aromatic rings. The van der Waals surface area contributed by atoms with Gasteiger partial charge in [-0.25, -0.2) is 0 Å². The SMILES string of the molecule is CC1=CCC(NC(=O)CCCCN)CC1. The molecule has 0 bridgehead atoms. The average molecular weight is 210 g/mol. The van der Waals surface area contributed by atoms with Gasteiger partial charge >= 0.3 is 0 Å². The van der Waals surface area contributed by atoms with Gasteiger partial charge in [0.15, 0.2) is 0 Å². The Morgan fingerprint density at radius 3 is 3.00 bits per heavy atom. The highest BCUT2D eigenvalue weighted by atomic mass is 16.1. The van der Waals surface area contributed by atoms with E-state index in [1.165, 1.54) is 5.57 Å². The molecule has 0 spiro atoms. The van der Waals surface area contributed by atoms with Crippen molar-refractivity contribution in [1.29, 1.82) is 0 Å². The van der Waals surface area contributed by atoms with E-state index in [1.54, 1.807) is 0 Å². The van der Waals surface area contributed by atoms with Crippen LogP contribution < -0.4 is 11.1 Å². The summed E-state index contributed by atoms with van der Waals surface area (Å²) in [5, 5.41) is 3.07. The monoisotopic (exact) mass is 210 g/mol. The maximum absolute atomic E-state index is 11.5. The Bertz CT molecular complexity index is 236. The van der Waals surface area contributed by atoms with E-state index in [2.05, 4.69) is 18.3 Å². The first kappa shape index (κ1) is 12.2. The zero-order valence-electron chi connectivity index (χ0n) is 9.59. The summed E-state index contributed by atoms with van der Waals surface area (Å²) in [6.45, 7) is 2.83. The van der Waals surface area contributed by atoms with Gasteiger partial charge < -0.3 is 11.1 Å². The zero-order chi connectivity index (χ0) is 11.1. The van der Waals surface area contributed by atoms with E-state index < -0.39 is 0 Å². The highest BCUT2D eigenvalue weighted by Crippen LogP contribution is 2.17. The van der Waals surface area contributed by atoms with Crippen molar-refractivity contribution >= 4 is 5.91 Å². The molecule has 0 aromatic carbocycles. The number of hydrogen-bond acceptors (Lipinski definition) is 2. The van der Waals surface area contributed by atoms with Crippen LogP contribution in [-0.4, -0.2) is 18.5 Å². The van der Waals surface area contributed by atoms with Crippen molar-refractivity contribution in [2.24, 2.45) is 5.73 Å². The number of allylic oxidation sites excluding steroid dienone is 1. The van der Waals surface area contributed by atoms with Crippen LogP contribution >= 0.6 is 0 Å². The minimum atomic E-state index is 0.182.